The van der Waals surface area contributed by atoms with E-state index in [4.69, 9.17) is 31.8 Å². The molecule has 1 unspecified atom stereocenters. The first-order valence-electron chi connectivity index (χ1n) is 57.6. The fraction of sp³-hybridized carbons (Fsp3) is 0.260. The lowest BCUT2D eigenvalue weighted by Gasteiger charge is -2.12. The Hall–Kier alpha value is -14.2. The summed E-state index contributed by atoms with van der Waals surface area (Å²) in [6, 6.07) is 82.5. The summed E-state index contributed by atoms with van der Waals surface area (Å²) in [5.41, 5.74) is 33.4. The minimum absolute atomic E-state index is 0.202. The van der Waals surface area contributed by atoms with Gasteiger partial charge in [0.1, 0.15) is 42.3 Å². The Balaban J connectivity index is 0.000000143. The third-order valence-corrected chi connectivity index (χ3v) is 27.3. The van der Waals surface area contributed by atoms with Crippen molar-refractivity contribution in [3.05, 3.63) is 408 Å². The highest BCUT2D eigenvalue weighted by atomic mass is 16.3. The number of hydrogen-bond donors (Lipinski definition) is 0. The zero-order chi connectivity index (χ0) is 117. The summed E-state index contributed by atoms with van der Waals surface area (Å²) in [4.78, 5) is 4.50. The number of aromatic nitrogens is 7. The van der Waals surface area contributed by atoms with E-state index in [0.29, 0.717) is 78.2 Å². The van der Waals surface area contributed by atoms with Crippen LogP contribution in [0.1, 0.15) is 209 Å². The molecule has 0 aliphatic carbocycles. The molecule has 0 spiro atoms. The maximum atomic E-state index is 8.38. The van der Waals surface area contributed by atoms with Crippen LogP contribution >= 0.6 is 0 Å². The highest BCUT2D eigenvalue weighted by Gasteiger charge is 2.29. The van der Waals surface area contributed by atoms with E-state index in [9.17, 15) is 0 Å². The van der Waals surface area contributed by atoms with Crippen LogP contribution in [-0.2, 0) is 42.3 Å². The normalized spacial score (nSPS) is 14.5. The largest absolute Gasteiger partial charge is 0.437 e. The van der Waals surface area contributed by atoms with Crippen molar-refractivity contribution in [2.45, 2.75) is 190 Å². The summed E-state index contributed by atoms with van der Waals surface area (Å²) in [5, 5.41) is 12.4. The number of furan rings is 1. The van der Waals surface area contributed by atoms with Crippen LogP contribution in [0.3, 0.4) is 0 Å². The van der Waals surface area contributed by atoms with Crippen LogP contribution in [-0.4, -0.2) is 4.98 Å². The molecule has 8 aromatic heterocycles. The average Bonchev–Trinajstić information content (AvgIpc) is 1.59. The van der Waals surface area contributed by atoms with Crippen LogP contribution in [0.5, 0.6) is 0 Å². The molecule has 139 heavy (non-hydrogen) atoms. The van der Waals surface area contributed by atoms with Gasteiger partial charge in [0.15, 0.2) is 42.8 Å². The minimum Gasteiger partial charge on any atom is -0.437 e. The molecule has 20 rings (SSSR count). The molecular weight excluding hydrogens is 1690 g/mol. The van der Waals surface area contributed by atoms with Gasteiger partial charge < -0.3 is 4.42 Å². The Morgan fingerprint density at radius 2 is 0.633 bits per heavy atom. The lowest BCUT2D eigenvalue weighted by atomic mass is 9.93. The molecule has 0 bridgehead atoms. The topological polar surface area (TPSA) is 49.3 Å². The number of aryl methyl sites for hydroxylation is 20. The zero-order valence-corrected chi connectivity index (χ0v) is 85.3. The number of hydrogen-bond acceptors (Lipinski definition) is 2. The van der Waals surface area contributed by atoms with Gasteiger partial charge in [0.25, 0.3) is 0 Å². The molecule has 1 atom stereocenters. The van der Waals surface area contributed by atoms with Crippen LogP contribution in [0.4, 0.5) is 0 Å². The number of benzene rings is 12. The lowest BCUT2D eigenvalue weighted by molar-refractivity contribution is -0.660. The smallest absolute Gasteiger partial charge is 0.227 e. The van der Waals surface area contributed by atoms with Gasteiger partial charge in [-0.05, 0) is 343 Å². The molecule has 0 aliphatic heterocycles. The first kappa shape index (κ1) is 75.8. The summed E-state index contributed by atoms with van der Waals surface area (Å²) in [6.07, 6.45) is 11.8. The van der Waals surface area contributed by atoms with Gasteiger partial charge in [0.2, 0.25) is 39.9 Å². The molecule has 702 valence electrons. The van der Waals surface area contributed by atoms with Crippen LogP contribution in [0.2, 0.25) is 0 Å². The number of rotatable bonds is 10. The average molecular weight is 1850 g/mol. The maximum Gasteiger partial charge on any atom is 0.227 e. The van der Waals surface area contributed by atoms with Crippen molar-refractivity contribution in [2.24, 2.45) is 42.3 Å². The summed E-state index contributed by atoms with van der Waals surface area (Å²) in [7, 11) is 11.9. The minimum atomic E-state index is -2.45. The molecule has 8 heteroatoms. The summed E-state index contributed by atoms with van der Waals surface area (Å²) < 4.78 is 178. The standard InChI is InChI=1S/C27H25N2O.3C22H26N.2C19H20N/c1-16-13-17(2)25(26-24(16)21-12-11-19(4)28-27(21)30-26)23-14-22(18(3)15-29(23)5)20-9-7-6-8-10-20;3*1-14(2)18-7-8-20-19(13-18)9-10-23(6)22(20)21-12-15(3)11-16(4)17(21)5;2*1-13-11-14(2)15(3)18(12-13)19-17-8-6-5-7-16(17)9-10-20(19)4/h6-15H,1-5H3;3*7-14H,1-6H3;2*5-12H,1-4H3/q6*+1/i1D3,3D3;1D3,4D3,14D;4D3,14D;;2D3;. The fourth-order valence-corrected chi connectivity index (χ4v) is 19.4. The maximum absolute atomic E-state index is 8.38. The summed E-state index contributed by atoms with van der Waals surface area (Å²) in [5.74, 6) is -1.84. The van der Waals surface area contributed by atoms with E-state index < -0.39 is 52.9 Å². The molecule has 12 aromatic carbocycles. The summed E-state index contributed by atoms with van der Waals surface area (Å²) in [6.45, 7) is 24.3. The molecule has 8 heterocycles. The van der Waals surface area contributed by atoms with Crippen molar-refractivity contribution in [1.29, 1.82) is 0 Å². The zero-order valence-electron chi connectivity index (χ0n) is 105. The van der Waals surface area contributed by atoms with E-state index in [1.54, 1.807) is 54.2 Å². The van der Waals surface area contributed by atoms with E-state index in [-0.39, 0.29) is 11.1 Å². The van der Waals surface area contributed by atoms with Gasteiger partial charge in [-0.25, -0.2) is 32.4 Å². The number of pyridine rings is 7. The van der Waals surface area contributed by atoms with Gasteiger partial charge in [-0.15, -0.1) is 0 Å². The van der Waals surface area contributed by atoms with Gasteiger partial charge in [-0.1, -0.05) is 209 Å². The molecule has 20 aromatic rings. The van der Waals surface area contributed by atoms with Gasteiger partial charge in [0, 0.05) is 85.8 Å². The van der Waals surface area contributed by atoms with Crippen LogP contribution < -0.4 is 27.4 Å². The molecule has 0 fully saturated rings. The highest BCUT2D eigenvalue weighted by Crippen LogP contribution is 2.43. The summed E-state index contributed by atoms with van der Waals surface area (Å²) >= 11 is 0. The SMILES string of the molecule is Cc1cc(C)c(C)c(-c2c3ccc(C(C)C)cc3cc[n+]2C)c1.Cc1cc(C)c(C)c(-c2c3ccccc3cc[n+]2C)c1.[2H]C([2H])([2H])c1c[n+](C)c(-c2c(C)cc(C([2H])([2H])[2H])c3c2oc2nc(C)ccc23)cc1-c1ccccc1.[2H]C([2H])([2H])c1cc(C)cc(-c2c3ccc(C([2H])(C)C([2H])([2H])[2H])cc3cc[n+]2C)c1C.[2H]C([2H])([2H])c1cc(C)cc(-c2c3ccc(C([2H])(C)C)cc3cc[n+]2C)c1C.[2H]C([2H])([2H])c1cc(C)cc(-c2c3ccccc3cc[n+]2C)c1C. The molecule has 0 amide bonds. The van der Waals surface area contributed by atoms with Gasteiger partial charge in [-0.2, -0.15) is 0 Å². The second-order valence-corrected chi connectivity index (χ2v) is 38.4. The van der Waals surface area contributed by atoms with E-state index in [1.165, 1.54) is 89.9 Å². The molecular formula is C131H143N7O+6. The van der Waals surface area contributed by atoms with Gasteiger partial charge in [-0.3, -0.25) is 0 Å². The predicted molar refractivity (Wildman–Crippen MR) is 589 cm³/mol. The second-order valence-electron chi connectivity index (χ2n) is 38.4. The van der Waals surface area contributed by atoms with Crippen molar-refractivity contribution in [3.8, 4) is 78.7 Å². The number of nitrogens with zero attached hydrogens (tertiary/aromatic N) is 7. The molecule has 0 aliphatic rings. The Labute approximate surface area is 855 Å². The van der Waals surface area contributed by atoms with Crippen LogP contribution in [0.15, 0.2) is 290 Å². The van der Waals surface area contributed by atoms with Crippen LogP contribution in [0.25, 0.3) is 155 Å². The molecule has 8 nitrogen and oxygen atoms in total. The first-order chi connectivity index (χ1) is 74.1. The third-order valence-electron chi connectivity index (χ3n) is 27.3. The van der Waals surface area contributed by atoms with Crippen molar-refractivity contribution in [2.75, 3.05) is 0 Å². The first-order valence-corrected chi connectivity index (χ1v) is 47.6. The molecule has 0 saturated heterocycles. The molecule has 0 N–H and O–H groups in total. The highest BCUT2D eigenvalue weighted by molar-refractivity contribution is 6.11. The monoisotopic (exact) mass is 1850 g/mol. The van der Waals surface area contributed by atoms with Gasteiger partial charge >= 0.3 is 0 Å². The molecule has 0 radical (unpaired) electrons. The Morgan fingerprint density at radius 1 is 0.288 bits per heavy atom. The quantitative estimate of drug-likeness (QED) is 0.128. The second kappa shape index (κ2) is 41.6. The Bertz CT molecular complexity index is 9030. The van der Waals surface area contributed by atoms with Gasteiger partial charge in [0.05, 0.1) is 60.3 Å². The van der Waals surface area contributed by atoms with Crippen molar-refractivity contribution >= 4 is 75.9 Å². The van der Waals surface area contributed by atoms with E-state index in [0.717, 1.165) is 111 Å². The van der Waals surface area contributed by atoms with Crippen molar-refractivity contribution < 1.29 is 59.2 Å². The predicted octanol–water partition coefficient (Wildman–Crippen LogP) is 31.0. The number of fused-ring (bicyclic) bond motifs is 8. The Kier molecular flexibility index (Phi) is 22.7. The Morgan fingerprint density at radius 3 is 1.02 bits per heavy atom. The van der Waals surface area contributed by atoms with Crippen molar-refractivity contribution in [3.63, 3.8) is 0 Å². The third kappa shape index (κ3) is 20.8. The van der Waals surface area contributed by atoms with Crippen molar-refractivity contribution in [1.82, 2.24) is 4.98 Å². The van der Waals surface area contributed by atoms with E-state index in [1.807, 2.05) is 215 Å². The van der Waals surface area contributed by atoms with E-state index in [2.05, 4.69) is 216 Å². The fourth-order valence-electron chi connectivity index (χ4n) is 19.4. The molecule has 0 saturated carbocycles. The van der Waals surface area contributed by atoms with E-state index >= 15 is 0 Å². The lowest BCUT2D eigenvalue weighted by Crippen LogP contribution is -2.31. The van der Waals surface area contributed by atoms with Crippen LogP contribution in [0, 0.1) is 131 Å².